The Bertz CT molecular complexity index is 952. The summed E-state index contributed by atoms with van der Waals surface area (Å²) in [4.78, 5) is 19.1. The van der Waals surface area contributed by atoms with Crippen LogP contribution in [0.15, 0.2) is 30.5 Å². The molecule has 1 aromatic heterocycles. The van der Waals surface area contributed by atoms with E-state index in [0.717, 1.165) is 43.4 Å². The molecule has 1 amide bonds. The Kier molecular flexibility index (Phi) is 6.09. The van der Waals surface area contributed by atoms with Gasteiger partial charge in [0.15, 0.2) is 0 Å². The molecule has 0 radical (unpaired) electrons. The van der Waals surface area contributed by atoms with E-state index in [1.54, 1.807) is 24.4 Å². The van der Waals surface area contributed by atoms with Gasteiger partial charge in [0.05, 0.1) is 22.9 Å². The first-order valence-corrected chi connectivity index (χ1v) is 10.4. The number of benzene rings is 1. The van der Waals surface area contributed by atoms with E-state index in [1.807, 2.05) is 11.0 Å². The number of amides is 1. The highest BCUT2D eigenvalue weighted by molar-refractivity contribution is 5.95. The Morgan fingerprint density at radius 1 is 1.27 bits per heavy atom. The molecule has 0 saturated carbocycles. The maximum Gasteiger partial charge on any atom is 0.243 e. The van der Waals surface area contributed by atoms with Crippen LogP contribution in [0.3, 0.4) is 0 Å². The summed E-state index contributed by atoms with van der Waals surface area (Å²) >= 11 is 0. The number of carbonyl (C=O) groups is 1. The van der Waals surface area contributed by atoms with Crippen LogP contribution in [0.4, 0.5) is 14.5 Å². The van der Waals surface area contributed by atoms with Crippen LogP contribution in [-0.4, -0.2) is 49.5 Å². The molecule has 2 aromatic rings. The van der Waals surface area contributed by atoms with Gasteiger partial charge in [0.1, 0.15) is 6.07 Å². The summed E-state index contributed by atoms with van der Waals surface area (Å²) in [6.07, 6.45) is 1.67. The van der Waals surface area contributed by atoms with Gasteiger partial charge in [-0.05, 0) is 56.6 Å². The lowest BCUT2D eigenvalue weighted by Crippen LogP contribution is -2.42. The summed E-state index contributed by atoms with van der Waals surface area (Å²) in [5.74, 6) is -2.09. The van der Waals surface area contributed by atoms with Crippen LogP contribution < -0.4 is 15.5 Å². The fraction of sp³-hybridized carbons (Fsp3) is 0.500. The Balaban J connectivity index is 1.58. The molecule has 0 bridgehead atoms. The van der Waals surface area contributed by atoms with E-state index >= 15 is 0 Å². The molecule has 158 valence electrons. The number of halogens is 2. The molecule has 2 saturated heterocycles. The van der Waals surface area contributed by atoms with Gasteiger partial charge in [0.25, 0.3) is 0 Å². The molecule has 2 fully saturated rings. The number of carbonyl (C=O) groups excluding carboxylic acids is 1. The van der Waals surface area contributed by atoms with Crippen LogP contribution in [0, 0.1) is 23.2 Å². The van der Waals surface area contributed by atoms with Crippen molar-refractivity contribution >= 4 is 22.5 Å². The van der Waals surface area contributed by atoms with E-state index < -0.39 is 18.3 Å². The SMILES string of the molecule is N#Cc1ccc(N2CC(C(F)F)[C@H](C(=O)NC3CCCNCC3)C2)c2cccnc12. The lowest BCUT2D eigenvalue weighted by atomic mass is 9.95. The standard InChI is InChI=1S/C22H25F2N5O/c23-21(24)17-12-29(13-18(17)22(30)28-15-3-1-8-26-10-7-15)19-6-5-14(11-25)20-16(19)4-2-9-27-20/h2,4-6,9,15,17-18,21,26H,1,3,7-8,10,12-13H2,(H,28,30)/t15?,17?,18-/m1/s1. The molecule has 3 atom stereocenters. The quantitative estimate of drug-likeness (QED) is 0.806. The first-order valence-electron chi connectivity index (χ1n) is 10.4. The van der Waals surface area contributed by atoms with Gasteiger partial charge in [-0.1, -0.05) is 0 Å². The molecule has 30 heavy (non-hydrogen) atoms. The highest BCUT2D eigenvalue weighted by atomic mass is 19.3. The van der Waals surface area contributed by atoms with E-state index in [9.17, 15) is 18.8 Å². The van der Waals surface area contributed by atoms with Crippen LogP contribution in [0.5, 0.6) is 0 Å². The van der Waals surface area contributed by atoms with Gasteiger partial charge in [0, 0.05) is 36.4 Å². The second-order valence-electron chi connectivity index (χ2n) is 8.04. The highest BCUT2D eigenvalue weighted by Crippen LogP contribution is 2.36. The third kappa shape index (κ3) is 4.08. The first-order chi connectivity index (χ1) is 14.6. The van der Waals surface area contributed by atoms with Gasteiger partial charge < -0.3 is 15.5 Å². The molecule has 2 N–H and O–H groups in total. The Hall–Kier alpha value is -2.79. The molecule has 8 heteroatoms. The average Bonchev–Trinajstić information content (AvgIpc) is 3.05. The number of aromatic nitrogens is 1. The van der Waals surface area contributed by atoms with Crippen molar-refractivity contribution < 1.29 is 13.6 Å². The minimum Gasteiger partial charge on any atom is -0.370 e. The van der Waals surface area contributed by atoms with Gasteiger partial charge in [-0.15, -0.1) is 0 Å². The lowest BCUT2D eigenvalue weighted by Gasteiger charge is -2.22. The van der Waals surface area contributed by atoms with Gasteiger partial charge >= 0.3 is 0 Å². The fourth-order valence-electron chi connectivity index (χ4n) is 4.55. The van der Waals surface area contributed by atoms with Crippen molar-refractivity contribution in [2.24, 2.45) is 11.8 Å². The van der Waals surface area contributed by atoms with Crippen LogP contribution in [0.2, 0.25) is 0 Å². The van der Waals surface area contributed by atoms with Crippen LogP contribution >= 0.6 is 0 Å². The van der Waals surface area contributed by atoms with Crippen molar-refractivity contribution in [1.29, 1.82) is 5.26 Å². The van der Waals surface area contributed by atoms with E-state index in [2.05, 4.69) is 21.7 Å². The third-order valence-corrected chi connectivity index (χ3v) is 6.16. The van der Waals surface area contributed by atoms with Crippen molar-refractivity contribution in [3.63, 3.8) is 0 Å². The van der Waals surface area contributed by atoms with Crippen molar-refractivity contribution in [3.05, 3.63) is 36.0 Å². The van der Waals surface area contributed by atoms with Crippen molar-refractivity contribution in [3.8, 4) is 6.07 Å². The second-order valence-corrected chi connectivity index (χ2v) is 8.04. The second kappa shape index (κ2) is 8.92. The summed E-state index contributed by atoms with van der Waals surface area (Å²) in [6.45, 7) is 2.06. The van der Waals surface area contributed by atoms with Crippen molar-refractivity contribution in [2.75, 3.05) is 31.1 Å². The summed E-state index contributed by atoms with van der Waals surface area (Å²) in [5.41, 5.74) is 1.72. The van der Waals surface area contributed by atoms with Crippen LogP contribution in [0.1, 0.15) is 24.8 Å². The number of fused-ring (bicyclic) bond motifs is 1. The molecule has 2 unspecified atom stereocenters. The lowest BCUT2D eigenvalue weighted by molar-refractivity contribution is -0.128. The largest absolute Gasteiger partial charge is 0.370 e. The monoisotopic (exact) mass is 413 g/mol. The van der Waals surface area contributed by atoms with Crippen molar-refractivity contribution in [2.45, 2.75) is 31.7 Å². The van der Waals surface area contributed by atoms with E-state index in [0.29, 0.717) is 11.1 Å². The predicted molar refractivity (Wildman–Crippen MR) is 110 cm³/mol. The number of nitriles is 1. The third-order valence-electron chi connectivity index (χ3n) is 6.16. The summed E-state index contributed by atoms with van der Waals surface area (Å²) in [6, 6.07) is 9.17. The normalized spacial score (nSPS) is 24.6. The summed E-state index contributed by atoms with van der Waals surface area (Å²) in [5, 5.41) is 16.4. The number of nitrogens with zero attached hydrogens (tertiary/aromatic N) is 3. The Morgan fingerprint density at radius 3 is 2.93 bits per heavy atom. The molecule has 2 aliphatic heterocycles. The summed E-state index contributed by atoms with van der Waals surface area (Å²) < 4.78 is 27.7. The fourth-order valence-corrected chi connectivity index (χ4v) is 4.55. The van der Waals surface area contributed by atoms with E-state index in [4.69, 9.17) is 0 Å². The number of rotatable bonds is 4. The molecular weight excluding hydrogens is 388 g/mol. The molecule has 3 heterocycles. The van der Waals surface area contributed by atoms with Crippen LogP contribution in [-0.2, 0) is 4.79 Å². The topological polar surface area (TPSA) is 81.0 Å². The van der Waals surface area contributed by atoms with E-state index in [-0.39, 0.29) is 25.0 Å². The highest BCUT2D eigenvalue weighted by Gasteiger charge is 2.43. The minimum atomic E-state index is -2.58. The van der Waals surface area contributed by atoms with Gasteiger partial charge in [-0.2, -0.15) is 5.26 Å². The van der Waals surface area contributed by atoms with Gasteiger partial charge in [-0.3, -0.25) is 9.78 Å². The number of pyridine rings is 1. The number of hydrogen-bond acceptors (Lipinski definition) is 5. The van der Waals surface area contributed by atoms with Gasteiger partial charge in [-0.25, -0.2) is 8.78 Å². The first kappa shape index (κ1) is 20.5. The van der Waals surface area contributed by atoms with Crippen molar-refractivity contribution in [1.82, 2.24) is 15.6 Å². The Labute approximate surface area is 174 Å². The minimum absolute atomic E-state index is 0.0276. The number of anilines is 1. The number of alkyl halides is 2. The molecule has 2 aliphatic rings. The molecule has 0 spiro atoms. The molecule has 6 nitrogen and oxygen atoms in total. The maximum atomic E-state index is 13.8. The molecule has 4 rings (SSSR count). The van der Waals surface area contributed by atoms with Gasteiger partial charge in [0.2, 0.25) is 12.3 Å². The predicted octanol–water partition coefficient (Wildman–Crippen LogP) is 2.68. The molecule has 0 aliphatic carbocycles. The number of nitrogens with one attached hydrogen (secondary N) is 2. The summed E-state index contributed by atoms with van der Waals surface area (Å²) in [7, 11) is 0. The van der Waals surface area contributed by atoms with Crippen LogP contribution in [0.25, 0.3) is 10.9 Å². The maximum absolute atomic E-state index is 13.8. The molecular formula is C22H25F2N5O. The van der Waals surface area contributed by atoms with E-state index in [1.165, 1.54) is 0 Å². The zero-order valence-corrected chi connectivity index (χ0v) is 16.7. The average molecular weight is 413 g/mol. The Morgan fingerprint density at radius 2 is 2.13 bits per heavy atom. The zero-order valence-electron chi connectivity index (χ0n) is 16.7. The molecule has 1 aromatic carbocycles. The number of hydrogen-bond donors (Lipinski definition) is 2. The zero-order chi connectivity index (χ0) is 21.1. The smallest absolute Gasteiger partial charge is 0.243 e.